The highest BCUT2D eigenvalue weighted by atomic mass is 16.5. The van der Waals surface area contributed by atoms with Gasteiger partial charge in [0.25, 0.3) is 0 Å². The molecule has 0 atom stereocenters. The SMILES string of the molecule is CCNC(=NCc1ccccc1OCC1CC1)NCCCc1cnn(C)c1. The van der Waals surface area contributed by atoms with E-state index in [1.54, 1.807) is 0 Å². The summed E-state index contributed by atoms with van der Waals surface area (Å²) in [5.41, 5.74) is 2.40. The zero-order chi connectivity index (χ0) is 18.9. The summed E-state index contributed by atoms with van der Waals surface area (Å²) in [7, 11) is 1.95. The molecule has 6 nitrogen and oxygen atoms in total. The highest BCUT2D eigenvalue weighted by Gasteiger charge is 2.22. The van der Waals surface area contributed by atoms with Crippen molar-refractivity contribution in [2.75, 3.05) is 19.7 Å². The Morgan fingerprint density at radius 3 is 2.89 bits per heavy atom. The molecular weight excluding hydrogens is 338 g/mol. The van der Waals surface area contributed by atoms with Crippen LogP contribution < -0.4 is 15.4 Å². The van der Waals surface area contributed by atoms with Crippen LogP contribution in [0.5, 0.6) is 5.75 Å². The fourth-order valence-corrected chi connectivity index (χ4v) is 2.87. The summed E-state index contributed by atoms with van der Waals surface area (Å²) in [6.07, 6.45) is 8.65. The van der Waals surface area contributed by atoms with E-state index in [1.165, 1.54) is 18.4 Å². The van der Waals surface area contributed by atoms with Gasteiger partial charge >= 0.3 is 0 Å². The molecule has 1 aromatic carbocycles. The van der Waals surface area contributed by atoms with E-state index in [-0.39, 0.29) is 0 Å². The second kappa shape index (κ2) is 10.00. The normalized spacial score (nSPS) is 14.2. The minimum absolute atomic E-state index is 0.610. The van der Waals surface area contributed by atoms with Crippen molar-refractivity contribution < 1.29 is 4.74 Å². The highest BCUT2D eigenvalue weighted by molar-refractivity contribution is 5.79. The number of benzene rings is 1. The van der Waals surface area contributed by atoms with Gasteiger partial charge < -0.3 is 15.4 Å². The summed E-state index contributed by atoms with van der Waals surface area (Å²) in [4.78, 5) is 4.73. The average Bonchev–Trinajstić information content (AvgIpc) is 3.42. The van der Waals surface area contributed by atoms with Crippen molar-refractivity contribution in [2.24, 2.45) is 18.0 Å². The Morgan fingerprint density at radius 2 is 2.15 bits per heavy atom. The highest BCUT2D eigenvalue weighted by Crippen LogP contribution is 2.30. The standard InChI is InChI=1S/C21H31N5O/c1-3-22-21(23-12-6-7-18-13-25-26(2)15-18)24-14-19-8-4-5-9-20(19)27-16-17-10-11-17/h4-5,8-9,13,15,17H,3,6-7,10-12,14,16H2,1-2H3,(H2,22,23,24). The molecule has 1 aliphatic rings. The summed E-state index contributed by atoms with van der Waals surface area (Å²) in [5, 5.41) is 10.9. The molecule has 0 saturated heterocycles. The number of hydrogen-bond acceptors (Lipinski definition) is 3. The molecule has 27 heavy (non-hydrogen) atoms. The van der Waals surface area contributed by atoms with E-state index in [4.69, 9.17) is 9.73 Å². The zero-order valence-corrected chi connectivity index (χ0v) is 16.4. The first-order valence-corrected chi connectivity index (χ1v) is 9.95. The van der Waals surface area contributed by atoms with E-state index in [0.717, 1.165) is 55.7 Å². The van der Waals surface area contributed by atoms with Gasteiger partial charge in [-0.3, -0.25) is 4.68 Å². The molecule has 0 radical (unpaired) electrons. The van der Waals surface area contributed by atoms with Gasteiger partial charge in [-0.25, -0.2) is 4.99 Å². The number of para-hydroxylation sites is 1. The van der Waals surface area contributed by atoms with Crippen LogP contribution in [0.4, 0.5) is 0 Å². The molecule has 1 aliphatic carbocycles. The molecule has 1 saturated carbocycles. The van der Waals surface area contributed by atoms with Crippen LogP contribution >= 0.6 is 0 Å². The molecule has 0 bridgehead atoms. The third-order valence-corrected chi connectivity index (χ3v) is 4.59. The van der Waals surface area contributed by atoms with Crippen molar-refractivity contribution in [1.82, 2.24) is 20.4 Å². The molecule has 0 unspecified atom stereocenters. The Balaban J connectivity index is 1.49. The van der Waals surface area contributed by atoms with Crippen LogP contribution in [0, 0.1) is 5.92 Å². The molecule has 0 amide bonds. The Kier molecular flexibility index (Phi) is 7.13. The fraction of sp³-hybridized carbons (Fsp3) is 0.524. The third-order valence-electron chi connectivity index (χ3n) is 4.59. The van der Waals surface area contributed by atoms with Crippen LogP contribution in [-0.4, -0.2) is 35.4 Å². The predicted molar refractivity (Wildman–Crippen MR) is 109 cm³/mol. The number of hydrogen-bond donors (Lipinski definition) is 2. The van der Waals surface area contributed by atoms with Crippen LogP contribution in [-0.2, 0) is 20.0 Å². The van der Waals surface area contributed by atoms with Crippen molar-refractivity contribution in [2.45, 2.75) is 39.2 Å². The maximum atomic E-state index is 5.98. The number of nitrogens with one attached hydrogen (secondary N) is 2. The Labute approximate surface area is 162 Å². The first kappa shape index (κ1) is 19.3. The monoisotopic (exact) mass is 369 g/mol. The minimum Gasteiger partial charge on any atom is -0.493 e. The van der Waals surface area contributed by atoms with Gasteiger partial charge in [-0.15, -0.1) is 0 Å². The largest absolute Gasteiger partial charge is 0.493 e. The molecule has 2 N–H and O–H groups in total. The van der Waals surface area contributed by atoms with Crippen LogP contribution in [0.25, 0.3) is 0 Å². The maximum absolute atomic E-state index is 5.98. The van der Waals surface area contributed by atoms with Gasteiger partial charge in [-0.05, 0) is 50.2 Å². The van der Waals surface area contributed by atoms with E-state index in [9.17, 15) is 0 Å². The molecule has 1 heterocycles. The number of guanidine groups is 1. The first-order valence-electron chi connectivity index (χ1n) is 9.95. The molecule has 6 heteroatoms. The van der Waals surface area contributed by atoms with E-state index in [2.05, 4.69) is 34.9 Å². The van der Waals surface area contributed by atoms with Crippen molar-refractivity contribution in [1.29, 1.82) is 0 Å². The molecule has 0 aliphatic heterocycles. The lowest BCUT2D eigenvalue weighted by Gasteiger charge is -2.13. The lowest BCUT2D eigenvalue weighted by Crippen LogP contribution is -2.37. The summed E-state index contributed by atoms with van der Waals surface area (Å²) >= 11 is 0. The van der Waals surface area contributed by atoms with Gasteiger partial charge in [0.15, 0.2) is 5.96 Å². The maximum Gasteiger partial charge on any atom is 0.191 e. The third kappa shape index (κ3) is 6.62. The number of nitrogens with zero attached hydrogens (tertiary/aromatic N) is 3. The number of ether oxygens (including phenoxy) is 1. The lowest BCUT2D eigenvalue weighted by molar-refractivity contribution is 0.297. The van der Waals surface area contributed by atoms with Crippen LogP contribution in [0.1, 0.15) is 37.3 Å². The first-order chi connectivity index (χ1) is 13.2. The van der Waals surface area contributed by atoms with Crippen molar-refractivity contribution in [3.8, 4) is 5.75 Å². The summed E-state index contributed by atoms with van der Waals surface area (Å²) < 4.78 is 7.83. The van der Waals surface area contributed by atoms with Gasteiger partial charge in [0.1, 0.15) is 5.75 Å². The fourth-order valence-electron chi connectivity index (χ4n) is 2.87. The number of rotatable bonds is 10. The van der Waals surface area contributed by atoms with E-state index < -0.39 is 0 Å². The van der Waals surface area contributed by atoms with Crippen molar-refractivity contribution in [3.05, 3.63) is 47.8 Å². The molecule has 1 aromatic heterocycles. The van der Waals surface area contributed by atoms with Crippen LogP contribution in [0.2, 0.25) is 0 Å². The van der Waals surface area contributed by atoms with Gasteiger partial charge in [-0.2, -0.15) is 5.10 Å². The van der Waals surface area contributed by atoms with Crippen molar-refractivity contribution >= 4 is 5.96 Å². The molecular formula is C21H31N5O. The number of aromatic nitrogens is 2. The lowest BCUT2D eigenvalue weighted by atomic mass is 10.2. The second-order valence-corrected chi connectivity index (χ2v) is 7.11. The average molecular weight is 370 g/mol. The molecule has 0 spiro atoms. The Hall–Kier alpha value is -2.50. The molecule has 1 fully saturated rings. The number of aryl methyl sites for hydroxylation is 2. The smallest absolute Gasteiger partial charge is 0.191 e. The zero-order valence-electron chi connectivity index (χ0n) is 16.4. The van der Waals surface area contributed by atoms with Gasteiger partial charge in [0, 0.05) is 31.9 Å². The minimum atomic E-state index is 0.610. The van der Waals surface area contributed by atoms with E-state index >= 15 is 0 Å². The molecule has 3 rings (SSSR count). The van der Waals surface area contributed by atoms with E-state index in [0.29, 0.717) is 6.54 Å². The topological polar surface area (TPSA) is 63.5 Å². The van der Waals surface area contributed by atoms with Gasteiger partial charge in [-0.1, -0.05) is 18.2 Å². The Bertz CT molecular complexity index is 736. The van der Waals surface area contributed by atoms with E-state index in [1.807, 2.05) is 36.1 Å². The summed E-state index contributed by atoms with van der Waals surface area (Å²) in [6.45, 7) is 5.24. The Morgan fingerprint density at radius 1 is 1.30 bits per heavy atom. The predicted octanol–water partition coefficient (Wildman–Crippen LogP) is 2.90. The number of aliphatic imine (C=N–C) groups is 1. The second-order valence-electron chi connectivity index (χ2n) is 7.11. The van der Waals surface area contributed by atoms with Crippen molar-refractivity contribution in [3.63, 3.8) is 0 Å². The van der Waals surface area contributed by atoms with Crippen LogP contribution in [0.15, 0.2) is 41.7 Å². The van der Waals surface area contributed by atoms with Gasteiger partial charge in [0.2, 0.25) is 0 Å². The molecule has 2 aromatic rings. The van der Waals surface area contributed by atoms with Gasteiger partial charge in [0.05, 0.1) is 19.3 Å². The van der Waals surface area contributed by atoms with Crippen LogP contribution in [0.3, 0.4) is 0 Å². The summed E-state index contributed by atoms with van der Waals surface area (Å²) in [6, 6.07) is 8.21. The molecule has 146 valence electrons. The quantitative estimate of drug-likeness (QED) is 0.384. The summed E-state index contributed by atoms with van der Waals surface area (Å²) in [5.74, 6) is 2.56.